The topological polar surface area (TPSA) is 49.6 Å². The van der Waals surface area contributed by atoms with Crippen LogP contribution >= 0.6 is 12.2 Å². The number of piperazine rings is 1. The number of amides is 1. The lowest BCUT2D eigenvalue weighted by Gasteiger charge is -2.36. The summed E-state index contributed by atoms with van der Waals surface area (Å²) < 4.78 is 0. The van der Waals surface area contributed by atoms with Gasteiger partial charge in [-0.05, 0) is 6.92 Å². The Bertz CT molecular complexity index is 214. The van der Waals surface area contributed by atoms with Crippen LogP contribution in [0.15, 0.2) is 0 Å². The Balaban J connectivity index is 2.33. The molecule has 0 radical (unpaired) electrons. The quantitative estimate of drug-likeness (QED) is 0.522. The summed E-state index contributed by atoms with van der Waals surface area (Å²) in [4.78, 5) is 15.2. The first-order valence-electron chi connectivity index (χ1n) is 4.85. The molecule has 0 aliphatic carbocycles. The van der Waals surface area contributed by atoms with E-state index in [0.29, 0.717) is 11.0 Å². The van der Waals surface area contributed by atoms with Gasteiger partial charge in [0.15, 0.2) is 0 Å². The molecule has 1 amide bonds. The minimum Gasteiger partial charge on any atom is -0.393 e. The highest BCUT2D eigenvalue weighted by Gasteiger charge is 2.20. The number of carbonyl (C=O) groups is 1. The highest BCUT2D eigenvalue weighted by Crippen LogP contribution is 2.07. The number of carbonyl (C=O) groups excluding carboxylic acids is 1. The molecule has 0 spiro atoms. The molecule has 1 aliphatic heterocycles. The van der Waals surface area contributed by atoms with Gasteiger partial charge in [0.2, 0.25) is 6.41 Å². The number of hydrogen-bond acceptors (Lipinski definition) is 3. The van der Waals surface area contributed by atoms with E-state index in [-0.39, 0.29) is 0 Å². The van der Waals surface area contributed by atoms with Crippen LogP contribution < -0.4 is 5.73 Å². The number of nitrogens with two attached hydrogens (primary N) is 1. The van der Waals surface area contributed by atoms with Crippen LogP contribution in [0.4, 0.5) is 0 Å². The van der Waals surface area contributed by atoms with Crippen LogP contribution in [0.2, 0.25) is 0 Å². The number of thiocarbonyl (C=S) groups is 1. The maximum absolute atomic E-state index is 10.5. The third-order valence-corrected chi connectivity index (χ3v) is 2.78. The van der Waals surface area contributed by atoms with Gasteiger partial charge < -0.3 is 10.6 Å². The van der Waals surface area contributed by atoms with E-state index in [2.05, 4.69) is 11.8 Å². The molecule has 14 heavy (non-hydrogen) atoms. The zero-order chi connectivity index (χ0) is 10.6. The summed E-state index contributed by atoms with van der Waals surface area (Å²) in [5, 5.41) is 0. The average molecular weight is 215 g/mol. The first-order chi connectivity index (χ1) is 6.63. The maximum atomic E-state index is 10.5. The molecule has 0 aromatic carbocycles. The Hall–Kier alpha value is -0.680. The van der Waals surface area contributed by atoms with Crippen molar-refractivity contribution >= 4 is 23.6 Å². The predicted molar refractivity (Wildman–Crippen MR) is 60.1 cm³/mol. The van der Waals surface area contributed by atoms with Crippen molar-refractivity contribution in [3.05, 3.63) is 0 Å². The third kappa shape index (κ3) is 3.23. The van der Waals surface area contributed by atoms with Crippen molar-refractivity contribution in [2.24, 2.45) is 5.73 Å². The molecule has 0 aromatic heterocycles. The summed E-state index contributed by atoms with van der Waals surface area (Å²) in [6.07, 6.45) is 1.67. The van der Waals surface area contributed by atoms with Crippen LogP contribution in [0, 0.1) is 0 Å². The normalized spacial score (nSPS) is 20.5. The molecule has 0 saturated carbocycles. The van der Waals surface area contributed by atoms with E-state index >= 15 is 0 Å². The SMILES string of the molecule is CC(CC(N)=S)N1CCN(C=O)CC1. The van der Waals surface area contributed by atoms with E-state index in [4.69, 9.17) is 18.0 Å². The van der Waals surface area contributed by atoms with Crippen LogP contribution in [-0.2, 0) is 4.79 Å². The molecule has 0 aromatic rings. The van der Waals surface area contributed by atoms with E-state index < -0.39 is 0 Å². The van der Waals surface area contributed by atoms with Crippen molar-refractivity contribution in [2.45, 2.75) is 19.4 Å². The van der Waals surface area contributed by atoms with Gasteiger partial charge >= 0.3 is 0 Å². The molecule has 1 atom stereocenters. The minimum absolute atomic E-state index is 0.390. The predicted octanol–water partition coefficient (Wildman–Crippen LogP) is -0.175. The lowest BCUT2D eigenvalue weighted by Crippen LogP contribution is -2.49. The van der Waals surface area contributed by atoms with Gasteiger partial charge in [0.25, 0.3) is 0 Å². The summed E-state index contributed by atoms with van der Waals surface area (Å²) in [6, 6.07) is 0.390. The van der Waals surface area contributed by atoms with Gasteiger partial charge in [0, 0.05) is 38.6 Å². The van der Waals surface area contributed by atoms with Crippen molar-refractivity contribution in [1.29, 1.82) is 0 Å². The lowest BCUT2D eigenvalue weighted by molar-refractivity contribution is -0.119. The molecule has 1 heterocycles. The molecule has 80 valence electrons. The minimum atomic E-state index is 0.390. The second kappa shape index (κ2) is 5.26. The molecule has 4 nitrogen and oxygen atoms in total. The van der Waals surface area contributed by atoms with Gasteiger partial charge in [-0.2, -0.15) is 0 Å². The van der Waals surface area contributed by atoms with Crippen molar-refractivity contribution < 1.29 is 4.79 Å². The van der Waals surface area contributed by atoms with Gasteiger partial charge in [0.05, 0.1) is 4.99 Å². The van der Waals surface area contributed by atoms with Crippen molar-refractivity contribution in [3.63, 3.8) is 0 Å². The molecule has 2 N–H and O–H groups in total. The summed E-state index contributed by atoms with van der Waals surface area (Å²) in [6.45, 7) is 5.58. The monoisotopic (exact) mass is 215 g/mol. The average Bonchev–Trinajstić information content (AvgIpc) is 2.17. The molecular formula is C9H17N3OS. The smallest absolute Gasteiger partial charge is 0.209 e. The van der Waals surface area contributed by atoms with Crippen molar-refractivity contribution in [3.8, 4) is 0 Å². The van der Waals surface area contributed by atoms with Gasteiger partial charge in [-0.1, -0.05) is 12.2 Å². The third-order valence-electron chi connectivity index (χ3n) is 2.62. The standard InChI is InChI=1S/C9H17N3OS/c1-8(6-9(10)14)12-4-2-11(7-13)3-5-12/h7-8H,2-6H2,1H3,(H2,10,14). The van der Waals surface area contributed by atoms with E-state index in [1.54, 1.807) is 4.90 Å². The van der Waals surface area contributed by atoms with Crippen molar-refractivity contribution in [1.82, 2.24) is 9.80 Å². The lowest BCUT2D eigenvalue weighted by atomic mass is 10.2. The Labute approximate surface area is 90.0 Å². The van der Waals surface area contributed by atoms with Crippen LogP contribution in [0.5, 0.6) is 0 Å². The second-order valence-corrected chi connectivity index (χ2v) is 4.22. The molecule has 1 fully saturated rings. The van der Waals surface area contributed by atoms with Crippen LogP contribution in [0.1, 0.15) is 13.3 Å². The first-order valence-corrected chi connectivity index (χ1v) is 5.26. The van der Waals surface area contributed by atoms with E-state index in [9.17, 15) is 4.79 Å². The summed E-state index contributed by atoms with van der Waals surface area (Å²) in [5.41, 5.74) is 5.49. The van der Waals surface area contributed by atoms with Gasteiger partial charge in [-0.25, -0.2) is 0 Å². The summed E-state index contributed by atoms with van der Waals surface area (Å²) >= 11 is 4.87. The summed E-state index contributed by atoms with van der Waals surface area (Å²) in [7, 11) is 0. The molecule has 1 saturated heterocycles. The zero-order valence-electron chi connectivity index (χ0n) is 8.48. The number of rotatable bonds is 4. The molecule has 5 heteroatoms. The highest BCUT2D eigenvalue weighted by atomic mass is 32.1. The Morgan fingerprint density at radius 3 is 2.50 bits per heavy atom. The van der Waals surface area contributed by atoms with E-state index in [0.717, 1.165) is 39.0 Å². The van der Waals surface area contributed by atoms with Gasteiger partial charge in [0.1, 0.15) is 0 Å². The zero-order valence-corrected chi connectivity index (χ0v) is 9.30. The largest absolute Gasteiger partial charge is 0.393 e. The maximum Gasteiger partial charge on any atom is 0.209 e. The highest BCUT2D eigenvalue weighted by molar-refractivity contribution is 7.80. The molecular weight excluding hydrogens is 198 g/mol. The number of hydrogen-bond donors (Lipinski definition) is 1. The Morgan fingerprint density at radius 2 is 2.07 bits per heavy atom. The fraction of sp³-hybridized carbons (Fsp3) is 0.778. The van der Waals surface area contributed by atoms with Crippen LogP contribution in [0.25, 0.3) is 0 Å². The van der Waals surface area contributed by atoms with Gasteiger partial charge in [-0.3, -0.25) is 9.69 Å². The van der Waals surface area contributed by atoms with Crippen molar-refractivity contribution in [2.75, 3.05) is 26.2 Å². The van der Waals surface area contributed by atoms with Crippen LogP contribution in [0.3, 0.4) is 0 Å². The van der Waals surface area contributed by atoms with E-state index in [1.807, 2.05) is 0 Å². The fourth-order valence-electron chi connectivity index (χ4n) is 1.70. The first kappa shape index (κ1) is 11.4. The Morgan fingerprint density at radius 1 is 1.50 bits per heavy atom. The fourth-order valence-corrected chi connectivity index (χ4v) is 1.95. The Kier molecular flexibility index (Phi) is 4.28. The van der Waals surface area contributed by atoms with Crippen LogP contribution in [-0.4, -0.2) is 53.4 Å². The second-order valence-electron chi connectivity index (χ2n) is 3.70. The number of nitrogens with zero attached hydrogens (tertiary/aromatic N) is 2. The molecule has 1 rings (SSSR count). The molecule has 1 unspecified atom stereocenters. The summed E-state index contributed by atoms with van der Waals surface area (Å²) in [5.74, 6) is 0. The molecule has 0 bridgehead atoms. The van der Waals surface area contributed by atoms with E-state index in [1.165, 1.54) is 0 Å². The molecule has 1 aliphatic rings. The van der Waals surface area contributed by atoms with Gasteiger partial charge in [-0.15, -0.1) is 0 Å².